The molecule has 1 aliphatic rings. The van der Waals surface area contributed by atoms with Gasteiger partial charge in [-0.05, 0) is 35.7 Å². The molecule has 1 aliphatic heterocycles. The first-order valence-electron chi connectivity index (χ1n) is 8.38. The molecule has 0 radical (unpaired) electrons. The second-order valence-corrected chi connectivity index (χ2v) is 5.95. The van der Waals surface area contributed by atoms with Gasteiger partial charge in [0.15, 0.2) is 0 Å². The van der Waals surface area contributed by atoms with Gasteiger partial charge in [-0.25, -0.2) is 0 Å². The standard InChI is InChI=1S/C20H23NO2/c1-2-3-12-21(18-7-5-4-6-8-18)20(22)15-16-9-10-19-17(14-16)11-13-23-19/h4-10,14H,2-3,11-13,15H2,1H3. The molecule has 0 fully saturated rings. The topological polar surface area (TPSA) is 29.5 Å². The van der Waals surface area contributed by atoms with E-state index in [9.17, 15) is 4.79 Å². The molecular formula is C20H23NO2. The Hall–Kier alpha value is -2.29. The maximum atomic E-state index is 12.8. The monoisotopic (exact) mass is 309 g/mol. The van der Waals surface area contributed by atoms with E-state index in [1.807, 2.05) is 47.4 Å². The van der Waals surface area contributed by atoms with E-state index in [1.165, 1.54) is 5.56 Å². The molecule has 0 spiro atoms. The van der Waals surface area contributed by atoms with Crippen molar-refractivity contribution in [3.8, 4) is 5.75 Å². The van der Waals surface area contributed by atoms with Gasteiger partial charge in [0.25, 0.3) is 0 Å². The number of unbranched alkanes of at least 4 members (excludes halogenated alkanes) is 1. The molecule has 3 rings (SSSR count). The SMILES string of the molecule is CCCCN(C(=O)Cc1ccc2c(c1)CCO2)c1ccccc1. The van der Waals surface area contributed by atoms with E-state index < -0.39 is 0 Å². The lowest BCUT2D eigenvalue weighted by Gasteiger charge is -2.23. The van der Waals surface area contributed by atoms with Crippen LogP contribution in [0, 0.1) is 0 Å². The fourth-order valence-corrected chi connectivity index (χ4v) is 2.94. The van der Waals surface area contributed by atoms with Gasteiger partial charge in [-0.2, -0.15) is 0 Å². The van der Waals surface area contributed by atoms with Crippen molar-refractivity contribution in [1.82, 2.24) is 0 Å². The molecule has 0 aliphatic carbocycles. The largest absolute Gasteiger partial charge is 0.493 e. The van der Waals surface area contributed by atoms with Crippen LogP contribution in [0.3, 0.4) is 0 Å². The zero-order valence-electron chi connectivity index (χ0n) is 13.6. The molecule has 0 saturated carbocycles. The number of carbonyl (C=O) groups excluding carboxylic acids is 1. The number of rotatable bonds is 6. The molecule has 0 atom stereocenters. The second-order valence-electron chi connectivity index (χ2n) is 5.95. The number of hydrogen-bond acceptors (Lipinski definition) is 2. The van der Waals surface area contributed by atoms with Crippen LogP contribution >= 0.6 is 0 Å². The molecule has 0 aromatic heterocycles. The van der Waals surface area contributed by atoms with Gasteiger partial charge in [0.2, 0.25) is 5.91 Å². The number of amides is 1. The molecule has 2 aromatic carbocycles. The first-order valence-corrected chi connectivity index (χ1v) is 8.38. The van der Waals surface area contributed by atoms with Crippen LogP contribution < -0.4 is 9.64 Å². The third-order valence-corrected chi connectivity index (χ3v) is 4.21. The number of anilines is 1. The van der Waals surface area contributed by atoms with Gasteiger partial charge in [-0.15, -0.1) is 0 Å². The maximum absolute atomic E-state index is 12.8. The van der Waals surface area contributed by atoms with E-state index in [0.29, 0.717) is 6.42 Å². The zero-order chi connectivity index (χ0) is 16.1. The van der Waals surface area contributed by atoms with Crippen molar-refractivity contribution in [1.29, 1.82) is 0 Å². The highest BCUT2D eigenvalue weighted by atomic mass is 16.5. The summed E-state index contributed by atoms with van der Waals surface area (Å²) in [5.74, 6) is 1.12. The third-order valence-electron chi connectivity index (χ3n) is 4.21. The predicted octanol–water partition coefficient (Wildman–Crippen LogP) is 4.00. The third kappa shape index (κ3) is 3.73. The number of para-hydroxylation sites is 1. The van der Waals surface area contributed by atoms with E-state index in [4.69, 9.17) is 4.74 Å². The van der Waals surface area contributed by atoms with E-state index >= 15 is 0 Å². The Bertz CT molecular complexity index is 667. The zero-order valence-corrected chi connectivity index (χ0v) is 13.6. The molecule has 0 bridgehead atoms. The average Bonchev–Trinajstić information content (AvgIpc) is 3.04. The minimum absolute atomic E-state index is 0.156. The highest BCUT2D eigenvalue weighted by Gasteiger charge is 2.17. The highest BCUT2D eigenvalue weighted by Crippen LogP contribution is 2.26. The number of nitrogens with zero attached hydrogens (tertiary/aromatic N) is 1. The molecule has 1 heterocycles. The smallest absolute Gasteiger partial charge is 0.231 e. The van der Waals surface area contributed by atoms with Crippen LogP contribution in [0.15, 0.2) is 48.5 Å². The molecule has 2 aromatic rings. The molecule has 23 heavy (non-hydrogen) atoms. The van der Waals surface area contributed by atoms with Gasteiger partial charge in [0.1, 0.15) is 5.75 Å². The first-order chi connectivity index (χ1) is 11.3. The summed E-state index contributed by atoms with van der Waals surface area (Å²) in [4.78, 5) is 14.7. The van der Waals surface area contributed by atoms with Crippen molar-refractivity contribution in [3.05, 3.63) is 59.7 Å². The summed E-state index contributed by atoms with van der Waals surface area (Å²) in [6.07, 6.45) is 3.47. The van der Waals surface area contributed by atoms with Crippen molar-refractivity contribution < 1.29 is 9.53 Å². The van der Waals surface area contributed by atoms with Gasteiger partial charge in [-0.3, -0.25) is 4.79 Å². The van der Waals surface area contributed by atoms with Crippen LogP contribution in [0.1, 0.15) is 30.9 Å². The van der Waals surface area contributed by atoms with Gasteiger partial charge < -0.3 is 9.64 Å². The van der Waals surface area contributed by atoms with Crippen LogP contribution in [0.25, 0.3) is 0 Å². The Balaban J connectivity index is 1.75. The molecule has 0 unspecified atom stereocenters. The molecule has 1 amide bonds. The van der Waals surface area contributed by atoms with E-state index in [-0.39, 0.29) is 5.91 Å². The first kappa shape index (κ1) is 15.6. The van der Waals surface area contributed by atoms with Crippen LogP contribution in [0.5, 0.6) is 5.75 Å². The summed E-state index contributed by atoms with van der Waals surface area (Å²) in [7, 11) is 0. The fraction of sp³-hybridized carbons (Fsp3) is 0.350. The van der Waals surface area contributed by atoms with Crippen LogP contribution in [-0.2, 0) is 17.6 Å². The highest BCUT2D eigenvalue weighted by molar-refractivity contribution is 5.94. The number of benzene rings is 2. The van der Waals surface area contributed by atoms with Gasteiger partial charge in [0, 0.05) is 18.7 Å². The van der Waals surface area contributed by atoms with Crippen molar-refractivity contribution >= 4 is 11.6 Å². The lowest BCUT2D eigenvalue weighted by Crippen LogP contribution is -2.33. The Morgan fingerprint density at radius 3 is 2.78 bits per heavy atom. The van der Waals surface area contributed by atoms with Gasteiger partial charge >= 0.3 is 0 Å². The summed E-state index contributed by atoms with van der Waals surface area (Å²) in [5.41, 5.74) is 3.27. The summed E-state index contributed by atoms with van der Waals surface area (Å²) in [6.45, 7) is 3.67. The quantitative estimate of drug-likeness (QED) is 0.807. The number of hydrogen-bond donors (Lipinski definition) is 0. The Labute approximate surface area is 137 Å². The van der Waals surface area contributed by atoms with Gasteiger partial charge in [0.05, 0.1) is 13.0 Å². The minimum atomic E-state index is 0.156. The van der Waals surface area contributed by atoms with E-state index in [0.717, 1.165) is 49.4 Å². The summed E-state index contributed by atoms with van der Waals surface area (Å²) in [5, 5.41) is 0. The number of carbonyl (C=O) groups is 1. The predicted molar refractivity (Wildman–Crippen MR) is 93.0 cm³/mol. The Kier molecular flexibility index (Phi) is 4.96. The molecule has 3 nitrogen and oxygen atoms in total. The lowest BCUT2D eigenvalue weighted by atomic mass is 10.1. The van der Waals surface area contributed by atoms with Crippen molar-refractivity contribution in [2.45, 2.75) is 32.6 Å². The summed E-state index contributed by atoms with van der Waals surface area (Å²) in [6, 6.07) is 16.1. The van der Waals surface area contributed by atoms with E-state index in [1.54, 1.807) is 0 Å². The maximum Gasteiger partial charge on any atom is 0.231 e. The number of fused-ring (bicyclic) bond motifs is 1. The van der Waals surface area contributed by atoms with Crippen LogP contribution in [-0.4, -0.2) is 19.1 Å². The number of ether oxygens (including phenoxy) is 1. The van der Waals surface area contributed by atoms with Crippen molar-refractivity contribution in [3.63, 3.8) is 0 Å². The van der Waals surface area contributed by atoms with Crippen molar-refractivity contribution in [2.24, 2.45) is 0 Å². The average molecular weight is 309 g/mol. The van der Waals surface area contributed by atoms with Crippen LogP contribution in [0.4, 0.5) is 5.69 Å². The van der Waals surface area contributed by atoms with Gasteiger partial charge in [-0.1, -0.05) is 43.7 Å². The molecular weight excluding hydrogens is 286 g/mol. The summed E-state index contributed by atoms with van der Waals surface area (Å²) < 4.78 is 5.53. The Morgan fingerprint density at radius 1 is 1.17 bits per heavy atom. The lowest BCUT2D eigenvalue weighted by molar-refractivity contribution is -0.118. The van der Waals surface area contributed by atoms with Crippen molar-refractivity contribution in [2.75, 3.05) is 18.1 Å². The fourth-order valence-electron chi connectivity index (χ4n) is 2.94. The summed E-state index contributed by atoms with van der Waals surface area (Å²) >= 11 is 0. The van der Waals surface area contributed by atoms with E-state index in [2.05, 4.69) is 13.0 Å². The Morgan fingerprint density at radius 2 is 2.00 bits per heavy atom. The molecule has 120 valence electrons. The molecule has 0 N–H and O–H groups in total. The second kappa shape index (κ2) is 7.32. The molecule has 0 saturated heterocycles. The molecule has 3 heteroatoms. The minimum Gasteiger partial charge on any atom is -0.493 e. The van der Waals surface area contributed by atoms with Crippen LogP contribution in [0.2, 0.25) is 0 Å². The normalized spacial score (nSPS) is 12.6.